The predicted molar refractivity (Wildman–Crippen MR) is 79.9 cm³/mol. The maximum Gasteiger partial charge on any atom is 0.272 e. The maximum absolute atomic E-state index is 12.9. The Morgan fingerprint density at radius 1 is 1.19 bits per heavy atom. The molecule has 0 saturated heterocycles. The Morgan fingerprint density at radius 2 is 2.05 bits per heavy atom. The summed E-state index contributed by atoms with van der Waals surface area (Å²) in [7, 11) is 0. The molecule has 1 atom stereocenters. The minimum absolute atomic E-state index is 0.0942. The van der Waals surface area contributed by atoms with E-state index in [0.29, 0.717) is 11.7 Å². The van der Waals surface area contributed by atoms with E-state index in [4.69, 9.17) is 0 Å². The van der Waals surface area contributed by atoms with E-state index in [0.717, 1.165) is 32.1 Å². The summed E-state index contributed by atoms with van der Waals surface area (Å²) in [5.41, 5.74) is 3.34. The molecule has 0 spiro atoms. The summed E-state index contributed by atoms with van der Waals surface area (Å²) in [5, 5.41) is 6.74. The van der Waals surface area contributed by atoms with Crippen molar-refractivity contribution in [2.45, 2.75) is 44.2 Å². The number of H-pyrrole nitrogens is 1. The first-order valence-electron chi connectivity index (χ1n) is 7.74. The fourth-order valence-corrected chi connectivity index (χ4v) is 3.45. The van der Waals surface area contributed by atoms with Gasteiger partial charge >= 0.3 is 0 Å². The van der Waals surface area contributed by atoms with Crippen LogP contribution in [-0.2, 0) is 6.42 Å². The molecule has 108 valence electrons. The van der Waals surface area contributed by atoms with Crippen LogP contribution in [0.15, 0.2) is 36.5 Å². The zero-order valence-electron chi connectivity index (χ0n) is 12.0. The summed E-state index contributed by atoms with van der Waals surface area (Å²) in [6, 6.07) is 11.0. The number of carbonyl (C=O) groups is 1. The summed E-state index contributed by atoms with van der Waals surface area (Å²) in [4.78, 5) is 15.0. The number of carbonyl (C=O) groups excluding carboxylic acids is 1. The van der Waals surface area contributed by atoms with Crippen molar-refractivity contribution in [2.75, 3.05) is 0 Å². The topological polar surface area (TPSA) is 49.0 Å². The first-order valence-corrected chi connectivity index (χ1v) is 7.74. The van der Waals surface area contributed by atoms with Gasteiger partial charge in [-0.2, -0.15) is 5.10 Å². The van der Waals surface area contributed by atoms with Crippen LogP contribution in [0.5, 0.6) is 0 Å². The number of rotatable bonds is 3. The van der Waals surface area contributed by atoms with E-state index in [2.05, 4.69) is 39.4 Å². The lowest BCUT2D eigenvalue weighted by atomic mass is 9.86. The Hall–Kier alpha value is -2.10. The molecule has 1 saturated carbocycles. The molecule has 1 heterocycles. The summed E-state index contributed by atoms with van der Waals surface area (Å²) in [5.74, 6) is 0.0942. The van der Waals surface area contributed by atoms with E-state index in [1.807, 2.05) is 0 Å². The van der Waals surface area contributed by atoms with Crippen LogP contribution in [0.1, 0.15) is 53.3 Å². The van der Waals surface area contributed by atoms with Crippen molar-refractivity contribution in [3.8, 4) is 0 Å². The lowest BCUT2D eigenvalue weighted by Gasteiger charge is -2.36. The van der Waals surface area contributed by atoms with Crippen molar-refractivity contribution in [3.63, 3.8) is 0 Å². The number of hydrogen-bond acceptors (Lipinski definition) is 2. The average molecular weight is 281 g/mol. The van der Waals surface area contributed by atoms with Gasteiger partial charge in [0.2, 0.25) is 0 Å². The van der Waals surface area contributed by atoms with Crippen molar-refractivity contribution in [1.29, 1.82) is 0 Å². The van der Waals surface area contributed by atoms with Gasteiger partial charge in [0.25, 0.3) is 5.91 Å². The second kappa shape index (κ2) is 5.02. The van der Waals surface area contributed by atoms with Crippen molar-refractivity contribution < 1.29 is 4.79 Å². The second-order valence-corrected chi connectivity index (χ2v) is 6.02. The lowest BCUT2D eigenvalue weighted by molar-refractivity contribution is 0.0631. The summed E-state index contributed by atoms with van der Waals surface area (Å²) in [6.45, 7) is 0. The van der Waals surface area contributed by atoms with Gasteiger partial charge in [-0.1, -0.05) is 24.3 Å². The number of nitrogens with zero attached hydrogens (tertiary/aromatic N) is 2. The molecule has 1 N–H and O–H groups in total. The smallest absolute Gasteiger partial charge is 0.272 e. The zero-order chi connectivity index (χ0) is 14.2. The van der Waals surface area contributed by atoms with Gasteiger partial charge in [0.05, 0.1) is 6.04 Å². The van der Waals surface area contributed by atoms with Crippen LogP contribution in [0.2, 0.25) is 0 Å². The van der Waals surface area contributed by atoms with Crippen LogP contribution in [0.4, 0.5) is 0 Å². The summed E-state index contributed by atoms with van der Waals surface area (Å²) >= 11 is 0. The molecular formula is C17H19N3O. The van der Waals surface area contributed by atoms with Gasteiger partial charge in [-0.15, -0.1) is 0 Å². The highest BCUT2D eigenvalue weighted by Crippen LogP contribution is 2.41. The molecule has 1 aromatic heterocycles. The van der Waals surface area contributed by atoms with E-state index in [1.54, 1.807) is 12.3 Å². The number of aromatic amines is 1. The van der Waals surface area contributed by atoms with Gasteiger partial charge in [0.15, 0.2) is 0 Å². The van der Waals surface area contributed by atoms with E-state index in [9.17, 15) is 4.79 Å². The SMILES string of the molecule is O=C(c1ccn[nH]1)N(C1CC1)[C@H]1CCCc2ccccc21. The van der Waals surface area contributed by atoms with Crippen LogP contribution >= 0.6 is 0 Å². The minimum atomic E-state index is 0.0942. The van der Waals surface area contributed by atoms with Crippen LogP contribution in [0.25, 0.3) is 0 Å². The van der Waals surface area contributed by atoms with Gasteiger partial charge in [-0.05, 0) is 49.3 Å². The zero-order valence-corrected chi connectivity index (χ0v) is 12.0. The average Bonchev–Trinajstić information content (AvgIpc) is 3.20. The molecule has 1 fully saturated rings. The minimum Gasteiger partial charge on any atom is -0.327 e. The van der Waals surface area contributed by atoms with Crippen LogP contribution < -0.4 is 0 Å². The predicted octanol–water partition coefficient (Wildman–Crippen LogP) is 3.09. The highest BCUT2D eigenvalue weighted by molar-refractivity contribution is 5.93. The fourth-order valence-electron chi connectivity index (χ4n) is 3.45. The normalized spacial score (nSPS) is 20.9. The Morgan fingerprint density at radius 3 is 2.81 bits per heavy atom. The maximum atomic E-state index is 12.9. The molecule has 0 bridgehead atoms. The van der Waals surface area contributed by atoms with E-state index < -0.39 is 0 Å². The first kappa shape index (κ1) is 12.6. The third-order valence-electron chi connectivity index (χ3n) is 4.58. The lowest BCUT2D eigenvalue weighted by Crippen LogP contribution is -2.38. The first-order chi connectivity index (χ1) is 10.3. The van der Waals surface area contributed by atoms with E-state index in [-0.39, 0.29) is 11.9 Å². The second-order valence-electron chi connectivity index (χ2n) is 6.02. The fraction of sp³-hybridized carbons (Fsp3) is 0.412. The number of benzene rings is 1. The Kier molecular flexibility index (Phi) is 3.02. The molecule has 4 heteroatoms. The molecule has 4 rings (SSSR count). The molecule has 4 nitrogen and oxygen atoms in total. The molecule has 0 aliphatic heterocycles. The number of nitrogens with one attached hydrogen (secondary N) is 1. The number of aryl methyl sites for hydroxylation is 1. The largest absolute Gasteiger partial charge is 0.327 e. The number of amides is 1. The van der Waals surface area contributed by atoms with Crippen LogP contribution in [0, 0.1) is 0 Å². The molecule has 0 radical (unpaired) electrons. The van der Waals surface area contributed by atoms with Crippen LogP contribution in [0.3, 0.4) is 0 Å². The molecule has 2 aromatic rings. The van der Waals surface area contributed by atoms with Crippen molar-refractivity contribution in [1.82, 2.24) is 15.1 Å². The third kappa shape index (κ3) is 2.24. The molecule has 21 heavy (non-hydrogen) atoms. The molecule has 1 amide bonds. The summed E-state index contributed by atoms with van der Waals surface area (Å²) < 4.78 is 0. The van der Waals surface area contributed by atoms with E-state index >= 15 is 0 Å². The summed E-state index contributed by atoms with van der Waals surface area (Å²) in [6.07, 6.45) is 7.24. The van der Waals surface area contributed by atoms with Gasteiger partial charge in [-0.3, -0.25) is 9.89 Å². The van der Waals surface area contributed by atoms with Crippen molar-refractivity contribution in [2.24, 2.45) is 0 Å². The number of aromatic nitrogens is 2. The van der Waals surface area contributed by atoms with Crippen LogP contribution in [-0.4, -0.2) is 27.0 Å². The standard InChI is InChI=1S/C17H19N3O/c21-17(15-10-11-18-19-15)20(13-8-9-13)16-7-3-5-12-4-1-2-6-14(12)16/h1-2,4,6,10-11,13,16H,3,5,7-9H2,(H,18,19)/t16-/m0/s1. The Labute approximate surface area is 124 Å². The molecular weight excluding hydrogens is 262 g/mol. The monoisotopic (exact) mass is 281 g/mol. The number of hydrogen-bond donors (Lipinski definition) is 1. The van der Waals surface area contributed by atoms with Gasteiger partial charge in [0, 0.05) is 12.2 Å². The molecule has 2 aliphatic rings. The molecule has 0 unspecified atom stereocenters. The highest BCUT2D eigenvalue weighted by Gasteiger charge is 2.40. The molecule has 1 aromatic carbocycles. The highest BCUT2D eigenvalue weighted by atomic mass is 16.2. The van der Waals surface area contributed by atoms with Gasteiger partial charge < -0.3 is 4.90 Å². The van der Waals surface area contributed by atoms with Gasteiger partial charge in [0.1, 0.15) is 5.69 Å². The number of fused-ring (bicyclic) bond motifs is 1. The Bertz CT molecular complexity index is 646. The van der Waals surface area contributed by atoms with E-state index in [1.165, 1.54) is 11.1 Å². The van der Waals surface area contributed by atoms with Gasteiger partial charge in [-0.25, -0.2) is 0 Å². The quantitative estimate of drug-likeness (QED) is 0.939. The third-order valence-corrected chi connectivity index (χ3v) is 4.58. The van der Waals surface area contributed by atoms with Crippen molar-refractivity contribution in [3.05, 3.63) is 53.3 Å². The van der Waals surface area contributed by atoms with Crippen molar-refractivity contribution >= 4 is 5.91 Å². The Balaban J connectivity index is 1.71. The molecule has 2 aliphatic carbocycles.